The Morgan fingerprint density at radius 1 is 1.50 bits per heavy atom. The van der Waals surface area contributed by atoms with Crippen molar-refractivity contribution in [2.24, 2.45) is 5.73 Å². The number of amidine groups is 1. The fraction of sp³-hybridized carbons (Fsp3) is 0. The van der Waals surface area contributed by atoms with Gasteiger partial charge in [0.2, 0.25) is 12.4 Å². The van der Waals surface area contributed by atoms with Crippen LogP contribution in [0.3, 0.4) is 0 Å². The highest BCUT2D eigenvalue weighted by atomic mass is 16.5. The zero-order valence-corrected chi connectivity index (χ0v) is 5.28. The Kier molecular flexibility index (Phi) is 1.53. The minimum atomic E-state index is 0.000556. The second-order valence-electron chi connectivity index (χ2n) is 1.88. The summed E-state index contributed by atoms with van der Waals surface area (Å²) in [4.78, 5) is 0. The number of aromatic nitrogens is 1. The Bertz CT molecular complexity index is 242. The molecule has 4 N–H and O–H groups in total. The molecular formula is C6H8N3O+. The molecule has 0 aliphatic carbocycles. The molecule has 1 heterocycles. The van der Waals surface area contributed by atoms with Crippen LogP contribution in [0.2, 0.25) is 0 Å². The van der Waals surface area contributed by atoms with Gasteiger partial charge >= 0.3 is 0 Å². The van der Waals surface area contributed by atoms with Gasteiger partial charge in [0.25, 0.3) is 0 Å². The van der Waals surface area contributed by atoms with E-state index in [1.54, 1.807) is 12.1 Å². The first kappa shape index (κ1) is 6.54. The van der Waals surface area contributed by atoms with Crippen LogP contribution in [-0.4, -0.2) is 11.0 Å². The minimum Gasteiger partial charge on any atom is -0.384 e. The molecule has 4 nitrogen and oxygen atoms in total. The van der Waals surface area contributed by atoms with Crippen LogP contribution in [0.1, 0.15) is 5.56 Å². The van der Waals surface area contributed by atoms with Crippen molar-refractivity contribution >= 4 is 5.84 Å². The maximum atomic E-state index is 8.74. The van der Waals surface area contributed by atoms with Gasteiger partial charge in [0, 0.05) is 22.4 Å². The Morgan fingerprint density at radius 2 is 2.00 bits per heavy atom. The van der Waals surface area contributed by atoms with Crippen LogP contribution in [0.5, 0.6) is 0 Å². The van der Waals surface area contributed by atoms with Crippen LogP contribution < -0.4 is 10.5 Å². The fourth-order valence-corrected chi connectivity index (χ4v) is 0.598. The molecule has 0 fully saturated rings. The lowest BCUT2D eigenvalue weighted by Crippen LogP contribution is -2.28. The molecule has 0 saturated heterocycles. The average Bonchev–Trinajstić information content (AvgIpc) is 1.88. The lowest BCUT2D eigenvalue weighted by molar-refractivity contribution is -0.904. The van der Waals surface area contributed by atoms with Crippen LogP contribution >= 0.6 is 0 Å². The maximum absolute atomic E-state index is 8.74. The molecule has 0 atom stereocenters. The molecule has 52 valence electrons. The quantitative estimate of drug-likeness (QED) is 0.212. The standard InChI is InChI=1S/C6H8N3O/c7-6(8)5-1-3-9(10)4-2-5/h1-4,10H,(H3,7,8)/q+1. The molecule has 0 radical (unpaired) electrons. The predicted molar refractivity (Wildman–Crippen MR) is 34.8 cm³/mol. The number of nitrogen functional groups attached to an aromatic ring is 1. The molecule has 4 heteroatoms. The molecule has 0 unspecified atom stereocenters. The smallest absolute Gasteiger partial charge is 0.222 e. The Hall–Kier alpha value is -1.58. The van der Waals surface area contributed by atoms with E-state index in [1.165, 1.54) is 12.4 Å². The summed E-state index contributed by atoms with van der Waals surface area (Å²) < 4.78 is 0.895. The van der Waals surface area contributed by atoms with Crippen molar-refractivity contribution in [3.8, 4) is 0 Å². The van der Waals surface area contributed by atoms with Crippen LogP contribution in [-0.2, 0) is 0 Å². The van der Waals surface area contributed by atoms with E-state index < -0.39 is 0 Å². The molecule has 0 bridgehead atoms. The number of hydrogen-bond acceptors (Lipinski definition) is 2. The van der Waals surface area contributed by atoms with Crippen molar-refractivity contribution < 1.29 is 9.94 Å². The highest BCUT2D eigenvalue weighted by Gasteiger charge is 1.98. The Balaban J connectivity index is 3.00. The summed E-state index contributed by atoms with van der Waals surface area (Å²) in [5.74, 6) is 0.000556. The van der Waals surface area contributed by atoms with Gasteiger partial charge in [-0.25, -0.2) is 0 Å². The molecule has 0 amide bonds. The van der Waals surface area contributed by atoms with Crippen molar-refractivity contribution in [1.29, 1.82) is 5.41 Å². The fourth-order valence-electron chi connectivity index (χ4n) is 0.598. The monoisotopic (exact) mass is 138 g/mol. The third-order valence-corrected chi connectivity index (χ3v) is 1.12. The zero-order valence-electron chi connectivity index (χ0n) is 5.28. The van der Waals surface area contributed by atoms with Gasteiger partial charge in [-0.15, -0.1) is 0 Å². The molecule has 1 rings (SSSR count). The third kappa shape index (κ3) is 1.22. The van der Waals surface area contributed by atoms with Crippen molar-refractivity contribution in [3.63, 3.8) is 0 Å². The highest BCUT2D eigenvalue weighted by molar-refractivity contribution is 5.94. The number of nitrogens with two attached hydrogens (primary N) is 1. The second-order valence-corrected chi connectivity index (χ2v) is 1.88. The number of nitrogens with zero attached hydrogens (tertiary/aromatic N) is 1. The molecule has 10 heavy (non-hydrogen) atoms. The van der Waals surface area contributed by atoms with Crippen molar-refractivity contribution in [3.05, 3.63) is 30.1 Å². The van der Waals surface area contributed by atoms with Crippen LogP contribution in [0.15, 0.2) is 24.5 Å². The first-order valence-corrected chi connectivity index (χ1v) is 2.75. The maximum Gasteiger partial charge on any atom is 0.222 e. The lowest BCUT2D eigenvalue weighted by atomic mass is 10.2. The van der Waals surface area contributed by atoms with Gasteiger partial charge in [0.05, 0.1) is 0 Å². The first-order valence-electron chi connectivity index (χ1n) is 2.75. The molecule has 1 aromatic rings. The molecule has 0 saturated carbocycles. The number of rotatable bonds is 1. The summed E-state index contributed by atoms with van der Waals surface area (Å²) in [7, 11) is 0. The van der Waals surface area contributed by atoms with Crippen molar-refractivity contribution in [2.75, 3.05) is 0 Å². The number of pyridine rings is 1. The molecule has 0 aliphatic heterocycles. The normalized spacial score (nSPS) is 9.20. The zero-order chi connectivity index (χ0) is 7.56. The second kappa shape index (κ2) is 2.34. The molecule has 0 aliphatic rings. The van der Waals surface area contributed by atoms with E-state index in [9.17, 15) is 0 Å². The molecule has 1 aromatic heterocycles. The average molecular weight is 138 g/mol. The van der Waals surface area contributed by atoms with Crippen LogP contribution in [0.25, 0.3) is 0 Å². The van der Waals surface area contributed by atoms with Crippen LogP contribution in [0.4, 0.5) is 0 Å². The van der Waals surface area contributed by atoms with E-state index in [1.807, 2.05) is 0 Å². The van der Waals surface area contributed by atoms with E-state index in [0.717, 1.165) is 4.73 Å². The summed E-state index contributed by atoms with van der Waals surface area (Å²) in [6, 6.07) is 3.12. The molecule has 0 spiro atoms. The van der Waals surface area contributed by atoms with Gasteiger partial charge in [-0.3, -0.25) is 10.6 Å². The first-order chi connectivity index (χ1) is 4.70. The van der Waals surface area contributed by atoms with Crippen LogP contribution in [0, 0.1) is 5.41 Å². The van der Waals surface area contributed by atoms with E-state index in [-0.39, 0.29) is 5.84 Å². The summed E-state index contributed by atoms with van der Waals surface area (Å²) in [5, 5.41) is 15.7. The molecule has 0 aromatic carbocycles. The summed E-state index contributed by atoms with van der Waals surface area (Å²) in [6.45, 7) is 0. The molecular weight excluding hydrogens is 130 g/mol. The number of hydrogen-bond donors (Lipinski definition) is 3. The van der Waals surface area contributed by atoms with Crippen molar-refractivity contribution in [1.82, 2.24) is 0 Å². The number of nitrogens with one attached hydrogen (secondary N) is 1. The van der Waals surface area contributed by atoms with Crippen molar-refractivity contribution in [2.45, 2.75) is 0 Å². The van der Waals surface area contributed by atoms with Gasteiger partial charge in [0.15, 0.2) is 0 Å². The van der Waals surface area contributed by atoms with E-state index in [0.29, 0.717) is 5.56 Å². The van der Waals surface area contributed by atoms with Gasteiger partial charge < -0.3 is 5.73 Å². The van der Waals surface area contributed by atoms with E-state index in [4.69, 9.17) is 16.4 Å². The third-order valence-electron chi connectivity index (χ3n) is 1.12. The Morgan fingerprint density at radius 3 is 2.40 bits per heavy atom. The topological polar surface area (TPSA) is 74.0 Å². The predicted octanol–water partition coefficient (Wildman–Crippen LogP) is -0.505. The van der Waals surface area contributed by atoms with E-state index >= 15 is 0 Å². The Labute approximate surface area is 58.0 Å². The summed E-state index contributed by atoms with van der Waals surface area (Å²) in [5.41, 5.74) is 5.76. The SMILES string of the molecule is N=C(N)c1cc[n+](O)cc1. The van der Waals surface area contributed by atoms with Gasteiger partial charge in [-0.2, -0.15) is 0 Å². The summed E-state index contributed by atoms with van der Waals surface area (Å²) >= 11 is 0. The lowest BCUT2D eigenvalue weighted by Gasteiger charge is -1.91. The van der Waals surface area contributed by atoms with Gasteiger partial charge in [0.1, 0.15) is 5.84 Å². The van der Waals surface area contributed by atoms with E-state index in [2.05, 4.69) is 0 Å². The van der Waals surface area contributed by atoms with Gasteiger partial charge in [-0.05, 0) is 0 Å². The summed E-state index contributed by atoms with van der Waals surface area (Å²) in [6.07, 6.45) is 2.83. The van der Waals surface area contributed by atoms with Gasteiger partial charge in [-0.1, -0.05) is 0 Å². The minimum absolute atomic E-state index is 0.000556. The highest BCUT2D eigenvalue weighted by Crippen LogP contribution is 1.90. The largest absolute Gasteiger partial charge is 0.384 e.